The number of nitrogens with zero attached hydrogens (tertiary/aromatic N) is 1. The van der Waals surface area contributed by atoms with Gasteiger partial charge in [0.1, 0.15) is 4.88 Å². The van der Waals surface area contributed by atoms with Gasteiger partial charge in [-0.05, 0) is 0 Å². The number of nitrogen functional groups attached to an aromatic ring is 1. The second-order valence-corrected chi connectivity index (χ2v) is 4.21. The molecule has 1 heterocycles. The van der Waals surface area contributed by atoms with E-state index >= 15 is 0 Å². The molecule has 1 amide bonds. The van der Waals surface area contributed by atoms with Gasteiger partial charge in [0.2, 0.25) is 0 Å². The topological polar surface area (TPSA) is 68.0 Å². The van der Waals surface area contributed by atoms with Crippen molar-refractivity contribution in [2.45, 2.75) is 0 Å². The third-order valence-electron chi connectivity index (χ3n) is 2.12. The number of rotatable bonds is 2. The van der Waals surface area contributed by atoms with Gasteiger partial charge in [0.15, 0.2) is 5.13 Å². The Balaban J connectivity index is 2.53. The van der Waals surface area contributed by atoms with E-state index in [-0.39, 0.29) is 5.91 Å². The van der Waals surface area contributed by atoms with Crippen molar-refractivity contribution in [2.75, 3.05) is 12.8 Å². The quantitative estimate of drug-likeness (QED) is 0.830. The molecule has 0 spiro atoms. The Morgan fingerprint density at radius 1 is 1.38 bits per heavy atom. The van der Waals surface area contributed by atoms with Crippen molar-refractivity contribution >= 4 is 22.4 Å². The average molecular weight is 233 g/mol. The van der Waals surface area contributed by atoms with E-state index < -0.39 is 0 Å². The summed E-state index contributed by atoms with van der Waals surface area (Å²) >= 11 is 1.20. The van der Waals surface area contributed by atoms with Crippen LogP contribution in [0.25, 0.3) is 11.3 Å². The third kappa shape index (κ3) is 1.90. The molecule has 5 heteroatoms. The number of nitrogens with two attached hydrogens (primary N) is 1. The van der Waals surface area contributed by atoms with Gasteiger partial charge < -0.3 is 11.1 Å². The third-order valence-corrected chi connectivity index (χ3v) is 3.01. The van der Waals surface area contributed by atoms with Gasteiger partial charge in [-0.2, -0.15) is 0 Å². The molecule has 0 fully saturated rings. The zero-order valence-corrected chi connectivity index (χ0v) is 9.54. The van der Waals surface area contributed by atoms with Crippen LogP contribution in [-0.4, -0.2) is 17.9 Å². The largest absolute Gasteiger partial charge is 0.375 e. The van der Waals surface area contributed by atoms with Gasteiger partial charge >= 0.3 is 0 Å². The van der Waals surface area contributed by atoms with Crippen LogP contribution in [0.2, 0.25) is 0 Å². The Bertz CT molecular complexity index is 507. The molecular weight excluding hydrogens is 222 g/mol. The van der Waals surface area contributed by atoms with E-state index in [2.05, 4.69) is 10.3 Å². The Kier molecular flexibility index (Phi) is 2.87. The van der Waals surface area contributed by atoms with Crippen LogP contribution >= 0.6 is 11.3 Å². The van der Waals surface area contributed by atoms with Gasteiger partial charge in [0.25, 0.3) is 5.91 Å². The number of hydrogen-bond donors (Lipinski definition) is 2. The fraction of sp³-hybridized carbons (Fsp3) is 0.0909. The predicted octanol–water partition coefficient (Wildman–Crippen LogP) is 1.75. The fourth-order valence-corrected chi connectivity index (χ4v) is 2.20. The van der Waals surface area contributed by atoms with Crippen molar-refractivity contribution in [3.63, 3.8) is 0 Å². The predicted molar refractivity (Wildman–Crippen MR) is 65.4 cm³/mol. The molecule has 2 aromatic rings. The van der Waals surface area contributed by atoms with Gasteiger partial charge in [-0.3, -0.25) is 4.79 Å². The van der Waals surface area contributed by atoms with Crippen molar-refractivity contribution in [2.24, 2.45) is 0 Å². The van der Waals surface area contributed by atoms with Crippen molar-refractivity contribution in [1.29, 1.82) is 0 Å². The number of nitrogens with one attached hydrogen (secondary N) is 1. The molecule has 0 radical (unpaired) electrons. The van der Waals surface area contributed by atoms with E-state index in [0.29, 0.717) is 15.7 Å². The second-order valence-electron chi connectivity index (χ2n) is 3.17. The first-order valence-corrected chi connectivity index (χ1v) is 5.58. The molecule has 0 unspecified atom stereocenters. The zero-order valence-electron chi connectivity index (χ0n) is 8.73. The standard InChI is InChI=1S/C11H11N3OS/c1-13-10(15)9-8(14-11(12)16-9)7-5-3-2-4-6-7/h2-6H,1H3,(H2,12,14)(H,13,15). The molecule has 2 rings (SSSR count). The lowest BCUT2D eigenvalue weighted by molar-refractivity contribution is 0.0967. The van der Waals surface area contributed by atoms with E-state index in [1.54, 1.807) is 7.05 Å². The molecule has 0 aliphatic heterocycles. The highest BCUT2D eigenvalue weighted by Crippen LogP contribution is 2.29. The first kappa shape index (κ1) is 10.6. The highest BCUT2D eigenvalue weighted by Gasteiger charge is 2.16. The molecule has 3 N–H and O–H groups in total. The number of aromatic nitrogens is 1. The van der Waals surface area contributed by atoms with E-state index in [1.165, 1.54) is 11.3 Å². The number of benzene rings is 1. The smallest absolute Gasteiger partial charge is 0.263 e. The number of hydrogen-bond acceptors (Lipinski definition) is 4. The van der Waals surface area contributed by atoms with Crippen molar-refractivity contribution in [3.05, 3.63) is 35.2 Å². The van der Waals surface area contributed by atoms with Gasteiger partial charge in [0.05, 0.1) is 5.69 Å². The molecule has 0 bridgehead atoms. The summed E-state index contributed by atoms with van der Waals surface area (Å²) in [5.74, 6) is -0.159. The lowest BCUT2D eigenvalue weighted by Gasteiger charge is -2.00. The van der Waals surface area contributed by atoms with Crippen molar-refractivity contribution < 1.29 is 4.79 Å². The number of thiazole rings is 1. The molecular formula is C11H11N3OS. The summed E-state index contributed by atoms with van der Waals surface area (Å²) in [5.41, 5.74) is 7.18. The van der Waals surface area contributed by atoms with Gasteiger partial charge in [-0.25, -0.2) is 4.98 Å². The highest BCUT2D eigenvalue weighted by atomic mass is 32.1. The number of amides is 1. The number of carbonyl (C=O) groups excluding carboxylic acids is 1. The molecule has 4 nitrogen and oxygen atoms in total. The maximum atomic E-state index is 11.6. The summed E-state index contributed by atoms with van der Waals surface area (Å²) < 4.78 is 0. The van der Waals surface area contributed by atoms with Crippen LogP contribution in [0.3, 0.4) is 0 Å². The summed E-state index contributed by atoms with van der Waals surface area (Å²) in [5, 5.41) is 2.98. The van der Waals surface area contributed by atoms with Gasteiger partial charge in [-0.1, -0.05) is 41.7 Å². The minimum absolute atomic E-state index is 0.159. The molecule has 0 atom stereocenters. The van der Waals surface area contributed by atoms with Crippen LogP contribution in [0.1, 0.15) is 9.67 Å². The average Bonchev–Trinajstić information content (AvgIpc) is 2.71. The van der Waals surface area contributed by atoms with Crippen molar-refractivity contribution in [1.82, 2.24) is 10.3 Å². The fourth-order valence-electron chi connectivity index (χ4n) is 1.40. The van der Waals surface area contributed by atoms with Crippen LogP contribution in [0, 0.1) is 0 Å². The number of carbonyl (C=O) groups is 1. The monoisotopic (exact) mass is 233 g/mol. The molecule has 1 aromatic carbocycles. The first-order chi connectivity index (χ1) is 7.72. The Labute approximate surface area is 97.1 Å². The second kappa shape index (κ2) is 4.32. The lowest BCUT2D eigenvalue weighted by Crippen LogP contribution is -2.17. The minimum Gasteiger partial charge on any atom is -0.375 e. The summed E-state index contributed by atoms with van der Waals surface area (Å²) in [6.07, 6.45) is 0. The molecule has 0 saturated carbocycles. The SMILES string of the molecule is CNC(=O)c1sc(N)nc1-c1ccccc1. The first-order valence-electron chi connectivity index (χ1n) is 4.76. The molecule has 16 heavy (non-hydrogen) atoms. The van der Waals surface area contributed by atoms with Crippen LogP contribution in [0.4, 0.5) is 5.13 Å². The maximum absolute atomic E-state index is 11.6. The maximum Gasteiger partial charge on any atom is 0.263 e. The molecule has 82 valence electrons. The van der Waals surface area contributed by atoms with E-state index in [0.717, 1.165) is 5.56 Å². The van der Waals surface area contributed by atoms with E-state index in [4.69, 9.17) is 5.73 Å². The van der Waals surface area contributed by atoms with E-state index in [1.807, 2.05) is 30.3 Å². The summed E-state index contributed by atoms with van der Waals surface area (Å²) in [7, 11) is 1.59. The minimum atomic E-state index is -0.159. The van der Waals surface area contributed by atoms with Crippen LogP contribution in [-0.2, 0) is 0 Å². The molecule has 0 aliphatic rings. The Morgan fingerprint density at radius 3 is 2.69 bits per heavy atom. The van der Waals surface area contributed by atoms with Crippen LogP contribution < -0.4 is 11.1 Å². The Morgan fingerprint density at radius 2 is 2.06 bits per heavy atom. The number of anilines is 1. The Hall–Kier alpha value is -1.88. The van der Waals surface area contributed by atoms with E-state index in [9.17, 15) is 4.79 Å². The lowest BCUT2D eigenvalue weighted by atomic mass is 10.1. The highest BCUT2D eigenvalue weighted by molar-refractivity contribution is 7.17. The molecule has 0 saturated heterocycles. The summed E-state index contributed by atoms with van der Waals surface area (Å²) in [6.45, 7) is 0. The summed E-state index contributed by atoms with van der Waals surface area (Å²) in [6, 6.07) is 9.53. The van der Waals surface area contributed by atoms with Gasteiger partial charge in [-0.15, -0.1) is 0 Å². The molecule has 1 aromatic heterocycles. The van der Waals surface area contributed by atoms with Crippen LogP contribution in [0.15, 0.2) is 30.3 Å². The van der Waals surface area contributed by atoms with Crippen molar-refractivity contribution in [3.8, 4) is 11.3 Å². The van der Waals surface area contributed by atoms with Gasteiger partial charge in [0, 0.05) is 12.6 Å². The van der Waals surface area contributed by atoms with Crippen LogP contribution in [0.5, 0.6) is 0 Å². The molecule has 0 aliphatic carbocycles. The normalized spacial score (nSPS) is 10.1. The zero-order chi connectivity index (χ0) is 11.5. The summed E-state index contributed by atoms with van der Waals surface area (Å²) in [4.78, 5) is 16.4.